The second kappa shape index (κ2) is 5.23. The van der Waals surface area contributed by atoms with E-state index in [1.807, 2.05) is 6.07 Å². The van der Waals surface area contributed by atoms with Crippen molar-refractivity contribution in [3.63, 3.8) is 0 Å². The molecule has 0 aliphatic carbocycles. The summed E-state index contributed by atoms with van der Waals surface area (Å²) < 4.78 is 40.4. The average Bonchev–Trinajstić information content (AvgIpc) is 2.73. The van der Waals surface area contributed by atoms with Gasteiger partial charge >= 0.3 is 0 Å². The summed E-state index contributed by atoms with van der Waals surface area (Å²) in [6, 6.07) is 5.78. The number of nitriles is 1. The first-order valence-electron chi connectivity index (χ1n) is 5.62. The lowest BCUT2D eigenvalue weighted by Crippen LogP contribution is -2.15. The van der Waals surface area contributed by atoms with Crippen molar-refractivity contribution in [3.05, 3.63) is 46.1 Å². The quantitative estimate of drug-likeness (QED) is 0.946. The van der Waals surface area contributed by atoms with Gasteiger partial charge in [0, 0.05) is 0 Å². The second-order valence-electron chi connectivity index (χ2n) is 4.25. The number of aryl methyl sites for hydroxylation is 2. The first-order chi connectivity index (χ1) is 9.35. The molecule has 7 heteroatoms. The number of benzene rings is 1. The molecule has 0 radical (unpaired) electrons. The van der Waals surface area contributed by atoms with E-state index in [-0.39, 0.29) is 15.5 Å². The summed E-state index contributed by atoms with van der Waals surface area (Å²) in [4.78, 5) is 0.0381. The summed E-state index contributed by atoms with van der Waals surface area (Å²) in [6.07, 6.45) is 0. The molecular formula is C13H11FN2O2S2. The zero-order valence-corrected chi connectivity index (χ0v) is 12.4. The van der Waals surface area contributed by atoms with Crippen LogP contribution in [0.1, 0.15) is 16.7 Å². The summed E-state index contributed by atoms with van der Waals surface area (Å²) in [5.41, 5.74) is 0.908. The van der Waals surface area contributed by atoms with Crippen LogP contribution in [-0.2, 0) is 10.0 Å². The molecule has 0 bridgehead atoms. The third-order valence-electron chi connectivity index (χ3n) is 2.71. The Labute approximate surface area is 120 Å². The molecule has 0 unspecified atom stereocenters. The minimum atomic E-state index is -3.85. The van der Waals surface area contributed by atoms with Crippen molar-refractivity contribution >= 4 is 26.4 Å². The molecule has 1 aromatic heterocycles. The topological polar surface area (TPSA) is 70.0 Å². The molecule has 1 aromatic carbocycles. The number of anilines is 1. The van der Waals surface area contributed by atoms with Gasteiger partial charge < -0.3 is 0 Å². The number of sulfonamides is 1. The minimum Gasteiger partial charge on any atom is -0.269 e. The molecular weight excluding hydrogens is 299 g/mol. The van der Waals surface area contributed by atoms with Gasteiger partial charge in [-0.1, -0.05) is 0 Å². The van der Waals surface area contributed by atoms with E-state index in [1.165, 1.54) is 32.0 Å². The Bertz CT molecular complexity index is 781. The van der Waals surface area contributed by atoms with E-state index < -0.39 is 15.8 Å². The van der Waals surface area contributed by atoms with Gasteiger partial charge in [0.2, 0.25) is 0 Å². The zero-order chi connectivity index (χ0) is 14.9. The maximum atomic E-state index is 13.2. The Kier molecular flexibility index (Phi) is 3.79. The van der Waals surface area contributed by atoms with Crippen LogP contribution in [0.3, 0.4) is 0 Å². The minimum absolute atomic E-state index is 0.0381. The molecule has 0 saturated heterocycles. The van der Waals surface area contributed by atoms with Crippen LogP contribution in [0.15, 0.2) is 28.5 Å². The van der Waals surface area contributed by atoms with Crippen molar-refractivity contribution < 1.29 is 12.8 Å². The zero-order valence-electron chi connectivity index (χ0n) is 10.8. The molecule has 20 heavy (non-hydrogen) atoms. The summed E-state index contributed by atoms with van der Waals surface area (Å²) in [5, 5.41) is 10.8. The highest BCUT2D eigenvalue weighted by Gasteiger charge is 2.22. The Morgan fingerprint density at radius 3 is 2.45 bits per heavy atom. The van der Waals surface area contributed by atoms with Gasteiger partial charge in [0.05, 0.1) is 10.5 Å². The normalized spacial score (nSPS) is 11.1. The summed E-state index contributed by atoms with van der Waals surface area (Å²) >= 11 is 1.12. The number of hydrogen-bond donors (Lipinski definition) is 1. The van der Waals surface area contributed by atoms with E-state index in [9.17, 15) is 12.8 Å². The predicted octanol–water partition coefficient (Wildman–Crippen LogP) is 3.18. The van der Waals surface area contributed by atoms with Crippen LogP contribution in [0, 0.1) is 31.0 Å². The number of halogens is 1. The fourth-order valence-corrected chi connectivity index (χ4v) is 4.49. The third kappa shape index (κ3) is 2.66. The van der Waals surface area contributed by atoms with Crippen molar-refractivity contribution in [1.29, 1.82) is 5.26 Å². The molecule has 1 heterocycles. The van der Waals surface area contributed by atoms with E-state index in [0.717, 1.165) is 11.3 Å². The lowest BCUT2D eigenvalue weighted by Gasteiger charge is -2.12. The maximum Gasteiger partial charge on any atom is 0.263 e. The number of hydrogen-bond acceptors (Lipinski definition) is 4. The first kappa shape index (κ1) is 14.5. The largest absolute Gasteiger partial charge is 0.269 e. The van der Waals surface area contributed by atoms with Crippen molar-refractivity contribution in [2.45, 2.75) is 18.7 Å². The van der Waals surface area contributed by atoms with Crippen LogP contribution in [0.2, 0.25) is 0 Å². The van der Waals surface area contributed by atoms with Gasteiger partial charge in [-0.25, -0.2) is 12.8 Å². The molecule has 4 nitrogen and oxygen atoms in total. The predicted molar refractivity (Wildman–Crippen MR) is 75.7 cm³/mol. The van der Waals surface area contributed by atoms with Crippen molar-refractivity contribution in [1.82, 2.24) is 0 Å². The molecule has 2 aromatic rings. The monoisotopic (exact) mass is 310 g/mol. The highest BCUT2D eigenvalue weighted by Crippen LogP contribution is 2.28. The van der Waals surface area contributed by atoms with Crippen LogP contribution in [0.4, 0.5) is 9.39 Å². The van der Waals surface area contributed by atoms with Gasteiger partial charge in [-0.3, -0.25) is 4.72 Å². The van der Waals surface area contributed by atoms with E-state index in [2.05, 4.69) is 4.72 Å². The molecule has 0 aliphatic rings. The van der Waals surface area contributed by atoms with E-state index in [0.29, 0.717) is 11.1 Å². The van der Waals surface area contributed by atoms with Crippen molar-refractivity contribution in [2.75, 3.05) is 4.72 Å². The molecule has 0 aliphatic heterocycles. The molecule has 0 saturated carbocycles. The van der Waals surface area contributed by atoms with Crippen LogP contribution in [-0.4, -0.2) is 8.42 Å². The van der Waals surface area contributed by atoms with Gasteiger partial charge in [0.15, 0.2) is 0 Å². The van der Waals surface area contributed by atoms with Crippen LogP contribution < -0.4 is 4.72 Å². The lowest BCUT2D eigenvalue weighted by atomic mass is 10.1. The van der Waals surface area contributed by atoms with Gasteiger partial charge in [-0.05, 0) is 48.6 Å². The SMILES string of the molecule is Cc1cc(F)cc(C)c1S(=O)(=O)Nc1sccc1C#N. The lowest BCUT2D eigenvalue weighted by molar-refractivity contribution is 0.597. The second-order valence-corrected chi connectivity index (χ2v) is 6.78. The summed E-state index contributed by atoms with van der Waals surface area (Å²) in [5.74, 6) is -0.479. The van der Waals surface area contributed by atoms with Crippen LogP contribution in [0.25, 0.3) is 0 Å². The van der Waals surface area contributed by atoms with Gasteiger partial charge in [-0.15, -0.1) is 11.3 Å². The average molecular weight is 310 g/mol. The number of nitrogens with zero attached hydrogens (tertiary/aromatic N) is 1. The Morgan fingerprint density at radius 2 is 1.90 bits per heavy atom. The number of thiophene rings is 1. The summed E-state index contributed by atoms with van der Waals surface area (Å²) in [6.45, 7) is 3.06. The molecule has 1 N–H and O–H groups in total. The smallest absolute Gasteiger partial charge is 0.263 e. The van der Waals surface area contributed by atoms with Crippen molar-refractivity contribution in [3.8, 4) is 6.07 Å². The van der Waals surface area contributed by atoms with Gasteiger partial charge in [-0.2, -0.15) is 5.26 Å². The molecule has 0 spiro atoms. The fourth-order valence-electron chi connectivity index (χ4n) is 1.97. The maximum absolute atomic E-state index is 13.2. The highest BCUT2D eigenvalue weighted by molar-refractivity contribution is 7.93. The molecule has 104 valence electrons. The molecule has 0 fully saturated rings. The van der Waals surface area contributed by atoms with E-state index in [4.69, 9.17) is 5.26 Å². The van der Waals surface area contributed by atoms with Crippen LogP contribution in [0.5, 0.6) is 0 Å². The number of rotatable bonds is 3. The van der Waals surface area contributed by atoms with E-state index >= 15 is 0 Å². The van der Waals surface area contributed by atoms with Crippen LogP contribution >= 0.6 is 11.3 Å². The molecule has 0 amide bonds. The van der Waals surface area contributed by atoms with Gasteiger partial charge in [0.1, 0.15) is 16.9 Å². The first-order valence-corrected chi connectivity index (χ1v) is 7.98. The Morgan fingerprint density at radius 1 is 1.30 bits per heavy atom. The third-order valence-corrected chi connectivity index (χ3v) is 5.32. The highest BCUT2D eigenvalue weighted by atomic mass is 32.2. The Balaban J connectivity index is 2.50. The summed E-state index contributed by atoms with van der Waals surface area (Å²) in [7, 11) is -3.85. The molecule has 0 atom stereocenters. The standard InChI is InChI=1S/C13H11FN2O2S2/c1-8-5-11(14)6-9(2)12(8)20(17,18)16-13-10(7-15)3-4-19-13/h3-6,16H,1-2H3. The van der Waals surface area contributed by atoms with E-state index in [1.54, 1.807) is 5.38 Å². The molecule has 2 rings (SSSR count). The van der Waals surface area contributed by atoms with Crippen molar-refractivity contribution in [2.24, 2.45) is 0 Å². The van der Waals surface area contributed by atoms with Gasteiger partial charge in [0.25, 0.3) is 10.0 Å². The Hall–Kier alpha value is -1.91. The fraction of sp³-hybridized carbons (Fsp3) is 0.154. The number of nitrogens with one attached hydrogen (secondary N) is 1.